The molecule has 1 aromatic heterocycles. The second-order valence-electron chi connectivity index (χ2n) is 12.3. The molecule has 3 amide bonds. The Balaban J connectivity index is 1.14. The van der Waals surface area contributed by atoms with E-state index in [0.717, 1.165) is 25.0 Å². The first-order chi connectivity index (χ1) is 19.7. The van der Waals surface area contributed by atoms with Crippen molar-refractivity contribution in [2.45, 2.75) is 77.0 Å². The number of carbonyl (C=O) groups excluding carboxylic acids is 3. The maximum atomic E-state index is 13.5. The van der Waals surface area contributed by atoms with Crippen LogP contribution in [0.3, 0.4) is 0 Å². The van der Waals surface area contributed by atoms with E-state index in [0.29, 0.717) is 62.0 Å². The molecule has 3 fully saturated rings. The highest BCUT2D eigenvalue weighted by molar-refractivity contribution is 5.95. The van der Waals surface area contributed by atoms with Gasteiger partial charge in [0.1, 0.15) is 5.60 Å². The summed E-state index contributed by atoms with van der Waals surface area (Å²) in [6.45, 7) is 8.49. The molecule has 1 aromatic carbocycles. The van der Waals surface area contributed by atoms with E-state index >= 15 is 0 Å². The summed E-state index contributed by atoms with van der Waals surface area (Å²) in [5.41, 5.74) is 1.24. The summed E-state index contributed by atoms with van der Waals surface area (Å²) in [7, 11) is 0. The van der Waals surface area contributed by atoms with Gasteiger partial charge in [-0.3, -0.25) is 9.59 Å². The first-order valence-corrected chi connectivity index (χ1v) is 14.8. The number of hydrogen-bond acceptors (Lipinski definition) is 7. The molecule has 10 heteroatoms. The second kappa shape index (κ2) is 12.5. The highest BCUT2D eigenvalue weighted by Crippen LogP contribution is 2.33. The Hall–Kier alpha value is -3.53. The number of likely N-dealkylation sites (tertiary alicyclic amines) is 1. The van der Waals surface area contributed by atoms with Gasteiger partial charge in [-0.25, -0.2) is 14.8 Å². The van der Waals surface area contributed by atoms with Gasteiger partial charge in [0.15, 0.2) is 5.82 Å². The zero-order valence-corrected chi connectivity index (χ0v) is 24.3. The van der Waals surface area contributed by atoms with Crippen LogP contribution in [0.2, 0.25) is 0 Å². The SMILES string of the molecule is CC(C)(C)OC(=O)N1CCC(N(C(=O)c2cnc(-c3ccc(C(=O)NCCOCC4CC4)cc3)nc2)C2CC2)CC1. The fourth-order valence-corrected chi connectivity index (χ4v) is 5.02. The number of piperidine rings is 1. The third kappa shape index (κ3) is 8.03. The molecular weight excluding hydrogens is 522 g/mol. The van der Waals surface area contributed by atoms with E-state index in [4.69, 9.17) is 9.47 Å². The summed E-state index contributed by atoms with van der Waals surface area (Å²) in [4.78, 5) is 51.1. The summed E-state index contributed by atoms with van der Waals surface area (Å²) in [6.07, 6.45) is 8.77. The lowest BCUT2D eigenvalue weighted by molar-refractivity contribution is 0.0142. The number of nitrogens with one attached hydrogen (secondary N) is 1. The predicted octanol–water partition coefficient (Wildman–Crippen LogP) is 4.30. The summed E-state index contributed by atoms with van der Waals surface area (Å²) >= 11 is 0. The van der Waals surface area contributed by atoms with Crippen molar-refractivity contribution < 1.29 is 23.9 Å². The third-order valence-electron chi connectivity index (χ3n) is 7.57. The summed E-state index contributed by atoms with van der Waals surface area (Å²) in [5.74, 6) is 0.986. The average molecular weight is 564 g/mol. The number of hydrogen-bond donors (Lipinski definition) is 1. The number of rotatable bonds is 10. The molecule has 1 saturated heterocycles. The van der Waals surface area contributed by atoms with Gasteiger partial charge in [-0.2, -0.15) is 0 Å². The minimum absolute atomic E-state index is 0.0665. The van der Waals surface area contributed by atoms with Gasteiger partial charge in [0.2, 0.25) is 0 Å². The van der Waals surface area contributed by atoms with Crippen LogP contribution in [0.5, 0.6) is 0 Å². The number of aromatic nitrogens is 2. The first kappa shape index (κ1) is 29.0. The van der Waals surface area contributed by atoms with Crippen LogP contribution in [0.4, 0.5) is 4.79 Å². The summed E-state index contributed by atoms with van der Waals surface area (Å²) in [6, 6.07) is 7.41. The van der Waals surface area contributed by atoms with E-state index in [1.165, 1.54) is 12.8 Å². The topological polar surface area (TPSA) is 114 Å². The monoisotopic (exact) mass is 563 g/mol. The van der Waals surface area contributed by atoms with E-state index < -0.39 is 5.60 Å². The molecule has 0 spiro atoms. The van der Waals surface area contributed by atoms with Gasteiger partial charge in [-0.1, -0.05) is 12.1 Å². The van der Waals surface area contributed by atoms with Gasteiger partial charge in [-0.05, 0) is 77.3 Å². The van der Waals surface area contributed by atoms with E-state index in [2.05, 4.69) is 15.3 Å². The highest BCUT2D eigenvalue weighted by atomic mass is 16.6. The Bertz CT molecular complexity index is 1210. The predicted molar refractivity (Wildman–Crippen MR) is 153 cm³/mol. The van der Waals surface area contributed by atoms with Gasteiger partial charge >= 0.3 is 6.09 Å². The van der Waals surface area contributed by atoms with Crippen molar-refractivity contribution in [3.05, 3.63) is 47.8 Å². The molecule has 2 aliphatic carbocycles. The van der Waals surface area contributed by atoms with Crippen LogP contribution in [0, 0.1) is 5.92 Å². The van der Waals surface area contributed by atoms with E-state index in [1.807, 2.05) is 37.8 Å². The van der Waals surface area contributed by atoms with Crippen LogP contribution in [-0.4, -0.2) is 88.2 Å². The summed E-state index contributed by atoms with van der Waals surface area (Å²) in [5, 5.41) is 2.88. The Morgan fingerprint density at radius 2 is 1.56 bits per heavy atom. The molecule has 2 saturated carbocycles. The summed E-state index contributed by atoms with van der Waals surface area (Å²) < 4.78 is 11.1. The Morgan fingerprint density at radius 3 is 2.15 bits per heavy atom. The number of nitrogens with zero attached hydrogens (tertiary/aromatic N) is 4. The van der Waals surface area contributed by atoms with Gasteiger partial charge in [0.25, 0.3) is 11.8 Å². The molecule has 10 nitrogen and oxygen atoms in total. The fourth-order valence-electron chi connectivity index (χ4n) is 5.02. The first-order valence-electron chi connectivity index (χ1n) is 14.8. The molecule has 41 heavy (non-hydrogen) atoms. The van der Waals surface area contributed by atoms with Gasteiger partial charge < -0.3 is 24.6 Å². The van der Waals surface area contributed by atoms with E-state index in [-0.39, 0.29) is 30.0 Å². The Labute approximate surface area is 241 Å². The zero-order valence-electron chi connectivity index (χ0n) is 24.3. The fraction of sp³-hybridized carbons (Fsp3) is 0.581. The minimum Gasteiger partial charge on any atom is -0.444 e. The van der Waals surface area contributed by atoms with Crippen molar-refractivity contribution in [3.63, 3.8) is 0 Å². The van der Waals surface area contributed by atoms with Gasteiger partial charge in [-0.15, -0.1) is 0 Å². The maximum Gasteiger partial charge on any atom is 0.410 e. The third-order valence-corrected chi connectivity index (χ3v) is 7.57. The van der Waals surface area contributed by atoms with Crippen LogP contribution < -0.4 is 5.32 Å². The molecule has 3 aliphatic rings. The molecule has 1 aliphatic heterocycles. The molecule has 2 heterocycles. The van der Waals surface area contributed by atoms with E-state index in [1.54, 1.807) is 29.4 Å². The van der Waals surface area contributed by atoms with Crippen molar-refractivity contribution in [2.24, 2.45) is 5.92 Å². The molecule has 1 N–H and O–H groups in total. The molecule has 0 atom stereocenters. The van der Waals surface area contributed by atoms with Gasteiger partial charge in [0, 0.05) is 61.8 Å². The van der Waals surface area contributed by atoms with Crippen LogP contribution >= 0.6 is 0 Å². The second-order valence-corrected chi connectivity index (χ2v) is 12.3. The molecular formula is C31H41N5O5. The zero-order chi connectivity index (χ0) is 29.0. The number of carbonyl (C=O) groups is 3. The molecule has 0 radical (unpaired) electrons. The lowest BCUT2D eigenvalue weighted by atomic mass is 10.0. The Morgan fingerprint density at radius 1 is 0.927 bits per heavy atom. The maximum absolute atomic E-state index is 13.5. The van der Waals surface area contributed by atoms with Crippen LogP contribution in [0.25, 0.3) is 11.4 Å². The molecule has 220 valence electrons. The normalized spacial score (nSPS) is 17.7. The van der Waals surface area contributed by atoms with Gasteiger partial charge in [0.05, 0.1) is 12.2 Å². The van der Waals surface area contributed by atoms with Crippen molar-refractivity contribution in [1.29, 1.82) is 0 Å². The quantitative estimate of drug-likeness (QED) is 0.429. The van der Waals surface area contributed by atoms with Crippen LogP contribution in [0.15, 0.2) is 36.7 Å². The molecule has 0 unspecified atom stereocenters. The standard InChI is InChI=1S/C31H41N5O5/c1-31(2,3)41-30(39)35-15-12-26(13-16-35)36(25-10-11-25)29(38)24-18-33-27(34-19-24)22-6-8-23(9-7-22)28(37)32-14-17-40-20-21-4-5-21/h6-9,18-19,21,25-26H,4-5,10-17,20H2,1-3H3,(H,32,37). The number of ether oxygens (including phenoxy) is 2. The lowest BCUT2D eigenvalue weighted by Crippen LogP contribution is -2.50. The van der Waals surface area contributed by atoms with Crippen LogP contribution in [-0.2, 0) is 9.47 Å². The van der Waals surface area contributed by atoms with Crippen molar-refractivity contribution in [2.75, 3.05) is 32.8 Å². The lowest BCUT2D eigenvalue weighted by Gasteiger charge is -2.39. The van der Waals surface area contributed by atoms with E-state index in [9.17, 15) is 14.4 Å². The number of amides is 3. The molecule has 5 rings (SSSR count). The largest absolute Gasteiger partial charge is 0.444 e. The molecule has 2 aromatic rings. The van der Waals surface area contributed by atoms with Crippen molar-refractivity contribution in [3.8, 4) is 11.4 Å². The Kier molecular flexibility index (Phi) is 8.87. The smallest absolute Gasteiger partial charge is 0.410 e. The van der Waals surface area contributed by atoms with Crippen LogP contribution in [0.1, 0.15) is 80.0 Å². The minimum atomic E-state index is -0.531. The number of benzene rings is 1. The average Bonchev–Trinajstić information content (AvgIpc) is 3.89. The molecule has 0 bridgehead atoms. The van der Waals surface area contributed by atoms with Crippen molar-refractivity contribution >= 4 is 17.9 Å². The highest BCUT2D eigenvalue weighted by Gasteiger charge is 2.40. The van der Waals surface area contributed by atoms with Crippen molar-refractivity contribution in [1.82, 2.24) is 25.1 Å².